The molecule has 2 aromatic carbocycles. The highest BCUT2D eigenvalue weighted by molar-refractivity contribution is 7.18. The Hall–Kier alpha value is -3.16. The Morgan fingerprint density at radius 3 is 2.30 bits per heavy atom. The molecule has 1 aliphatic heterocycles. The normalized spacial score (nSPS) is 14.1. The zero-order chi connectivity index (χ0) is 23.4. The number of anilines is 2. The van der Waals surface area contributed by atoms with E-state index in [4.69, 9.17) is 4.74 Å². The second kappa shape index (κ2) is 9.77. The summed E-state index contributed by atoms with van der Waals surface area (Å²) in [6, 6.07) is 19.1. The van der Waals surface area contributed by atoms with Crippen LogP contribution in [-0.4, -0.2) is 43.7 Å². The number of thiophene rings is 1. The van der Waals surface area contributed by atoms with Gasteiger partial charge in [0.2, 0.25) is 0 Å². The summed E-state index contributed by atoms with van der Waals surface area (Å²) in [6.45, 7) is 8.70. The molecular formula is C26H29N3O3S. The number of nitrogens with zero attached hydrogens (tertiary/aromatic N) is 1. The minimum absolute atomic E-state index is 0.219. The molecule has 6 nitrogen and oxygen atoms in total. The minimum Gasteiger partial charge on any atom is -0.378 e. The number of carbonyl (C=O) groups excluding carboxylic acids is 2. The maximum absolute atomic E-state index is 13.3. The molecule has 0 saturated carbocycles. The van der Waals surface area contributed by atoms with E-state index in [2.05, 4.69) is 27.7 Å². The summed E-state index contributed by atoms with van der Waals surface area (Å²) in [4.78, 5) is 28.9. The zero-order valence-corrected chi connectivity index (χ0v) is 20.0. The van der Waals surface area contributed by atoms with Gasteiger partial charge in [-0.3, -0.25) is 9.59 Å². The average molecular weight is 464 g/mol. The molecule has 0 spiro atoms. The van der Waals surface area contributed by atoms with Crippen LogP contribution in [0.2, 0.25) is 0 Å². The Morgan fingerprint density at radius 2 is 1.61 bits per heavy atom. The third-order valence-electron chi connectivity index (χ3n) is 5.23. The van der Waals surface area contributed by atoms with Gasteiger partial charge in [0, 0.05) is 24.2 Å². The van der Waals surface area contributed by atoms with Gasteiger partial charge in [-0.1, -0.05) is 42.5 Å². The van der Waals surface area contributed by atoms with Crippen molar-refractivity contribution in [2.45, 2.75) is 26.3 Å². The number of amides is 2. The van der Waals surface area contributed by atoms with E-state index in [1.807, 2.05) is 51.1 Å². The summed E-state index contributed by atoms with van der Waals surface area (Å²) in [5.74, 6) is -0.448. The van der Waals surface area contributed by atoms with E-state index < -0.39 is 0 Å². The smallest absolute Gasteiger partial charge is 0.265 e. The SMILES string of the molecule is CC(C)(C)NC(=O)c1ccccc1NC(=O)c1cc(-c2ccccc2)c(N2CCOCC2)s1. The average Bonchev–Trinajstić information content (AvgIpc) is 3.25. The fourth-order valence-electron chi connectivity index (χ4n) is 3.70. The first kappa shape index (κ1) is 23.0. The van der Waals surface area contributed by atoms with Gasteiger partial charge in [0.05, 0.1) is 34.3 Å². The molecule has 33 heavy (non-hydrogen) atoms. The van der Waals surface area contributed by atoms with Crippen LogP contribution in [-0.2, 0) is 4.74 Å². The lowest BCUT2D eigenvalue weighted by molar-refractivity contribution is 0.0920. The van der Waals surface area contributed by atoms with Crippen LogP contribution in [0.3, 0.4) is 0 Å². The molecule has 0 bridgehead atoms. The molecule has 2 amide bonds. The van der Waals surface area contributed by atoms with E-state index in [0.29, 0.717) is 29.3 Å². The lowest BCUT2D eigenvalue weighted by Crippen LogP contribution is -2.40. The van der Waals surface area contributed by atoms with Crippen molar-refractivity contribution in [2.24, 2.45) is 0 Å². The standard InChI is InChI=1S/C26H29N3O3S/c1-26(2,3)28-23(30)19-11-7-8-12-21(19)27-24(31)22-17-20(18-9-5-4-6-10-18)25(33-22)29-13-15-32-16-14-29/h4-12,17H,13-16H2,1-3H3,(H,27,31)(H,28,30). The van der Waals surface area contributed by atoms with Crippen LogP contribution in [0.5, 0.6) is 0 Å². The molecule has 7 heteroatoms. The summed E-state index contributed by atoms with van der Waals surface area (Å²) >= 11 is 1.47. The van der Waals surface area contributed by atoms with Crippen molar-refractivity contribution in [1.82, 2.24) is 5.32 Å². The monoisotopic (exact) mass is 463 g/mol. The van der Waals surface area contributed by atoms with Gasteiger partial charge in [0.25, 0.3) is 11.8 Å². The second-order valence-corrected chi connectivity index (χ2v) is 10.0. The van der Waals surface area contributed by atoms with Crippen molar-refractivity contribution < 1.29 is 14.3 Å². The van der Waals surface area contributed by atoms with Gasteiger partial charge < -0.3 is 20.3 Å². The zero-order valence-electron chi connectivity index (χ0n) is 19.2. The molecule has 2 N–H and O–H groups in total. The second-order valence-electron chi connectivity index (χ2n) is 9.00. The van der Waals surface area contributed by atoms with Crippen molar-refractivity contribution in [3.05, 3.63) is 71.1 Å². The molecule has 0 atom stereocenters. The highest BCUT2D eigenvalue weighted by atomic mass is 32.1. The number of hydrogen-bond donors (Lipinski definition) is 2. The maximum atomic E-state index is 13.3. The number of rotatable bonds is 5. The molecule has 1 aromatic heterocycles. The number of benzene rings is 2. The van der Waals surface area contributed by atoms with E-state index in [1.54, 1.807) is 18.2 Å². The Balaban J connectivity index is 1.63. The minimum atomic E-state index is -0.375. The fraction of sp³-hybridized carbons (Fsp3) is 0.308. The van der Waals surface area contributed by atoms with Gasteiger partial charge in [-0.2, -0.15) is 0 Å². The first-order valence-corrected chi connectivity index (χ1v) is 11.9. The largest absolute Gasteiger partial charge is 0.378 e. The van der Waals surface area contributed by atoms with Crippen LogP contribution in [0.25, 0.3) is 11.1 Å². The Kier molecular flexibility index (Phi) is 6.81. The van der Waals surface area contributed by atoms with E-state index in [0.717, 1.165) is 29.2 Å². The van der Waals surface area contributed by atoms with Crippen LogP contribution in [0.1, 0.15) is 40.8 Å². The lowest BCUT2D eigenvalue weighted by Gasteiger charge is -2.28. The lowest BCUT2D eigenvalue weighted by atomic mass is 10.1. The van der Waals surface area contributed by atoms with Crippen LogP contribution < -0.4 is 15.5 Å². The third kappa shape index (κ3) is 5.61. The number of para-hydroxylation sites is 1. The van der Waals surface area contributed by atoms with Crippen molar-refractivity contribution in [3.63, 3.8) is 0 Å². The molecule has 3 aromatic rings. The van der Waals surface area contributed by atoms with E-state index in [-0.39, 0.29) is 17.4 Å². The highest BCUT2D eigenvalue weighted by Crippen LogP contribution is 2.39. The van der Waals surface area contributed by atoms with Gasteiger partial charge in [0.15, 0.2) is 0 Å². The van der Waals surface area contributed by atoms with Crippen molar-refractivity contribution in [1.29, 1.82) is 0 Å². The van der Waals surface area contributed by atoms with Crippen LogP contribution in [0, 0.1) is 0 Å². The van der Waals surface area contributed by atoms with Gasteiger partial charge >= 0.3 is 0 Å². The van der Waals surface area contributed by atoms with Crippen LogP contribution in [0.4, 0.5) is 10.7 Å². The summed E-state index contributed by atoms with van der Waals surface area (Å²) in [6.07, 6.45) is 0. The topological polar surface area (TPSA) is 70.7 Å². The molecule has 2 heterocycles. The van der Waals surface area contributed by atoms with Crippen molar-refractivity contribution in [2.75, 3.05) is 36.5 Å². The maximum Gasteiger partial charge on any atom is 0.265 e. The number of carbonyl (C=O) groups is 2. The Labute approximate surface area is 198 Å². The van der Waals surface area contributed by atoms with Gasteiger partial charge in [-0.25, -0.2) is 0 Å². The predicted molar refractivity (Wildman–Crippen MR) is 134 cm³/mol. The molecule has 1 aliphatic rings. The van der Waals surface area contributed by atoms with Gasteiger partial charge in [0.1, 0.15) is 0 Å². The first-order valence-electron chi connectivity index (χ1n) is 11.1. The van der Waals surface area contributed by atoms with E-state index in [1.165, 1.54) is 11.3 Å². The number of morpholine rings is 1. The fourth-order valence-corrected chi connectivity index (χ4v) is 4.83. The molecule has 1 saturated heterocycles. The van der Waals surface area contributed by atoms with Crippen molar-refractivity contribution >= 4 is 33.8 Å². The molecular weight excluding hydrogens is 434 g/mol. The molecule has 0 unspecified atom stereocenters. The van der Waals surface area contributed by atoms with Crippen LogP contribution >= 0.6 is 11.3 Å². The number of hydrogen-bond acceptors (Lipinski definition) is 5. The molecule has 0 aliphatic carbocycles. The van der Waals surface area contributed by atoms with Gasteiger partial charge in [-0.15, -0.1) is 11.3 Å². The predicted octanol–water partition coefficient (Wildman–Crippen LogP) is 5.03. The molecule has 172 valence electrons. The van der Waals surface area contributed by atoms with Gasteiger partial charge in [-0.05, 0) is 44.5 Å². The molecule has 4 rings (SSSR count). The summed E-state index contributed by atoms with van der Waals surface area (Å²) in [5.41, 5.74) is 2.66. The summed E-state index contributed by atoms with van der Waals surface area (Å²) < 4.78 is 5.52. The summed E-state index contributed by atoms with van der Waals surface area (Å²) in [7, 11) is 0. The highest BCUT2D eigenvalue weighted by Gasteiger charge is 2.23. The number of ether oxygens (including phenoxy) is 1. The molecule has 0 radical (unpaired) electrons. The van der Waals surface area contributed by atoms with Crippen LogP contribution in [0.15, 0.2) is 60.7 Å². The Morgan fingerprint density at radius 1 is 0.939 bits per heavy atom. The first-order chi connectivity index (χ1) is 15.8. The number of nitrogens with one attached hydrogen (secondary N) is 2. The van der Waals surface area contributed by atoms with E-state index >= 15 is 0 Å². The third-order valence-corrected chi connectivity index (χ3v) is 6.42. The van der Waals surface area contributed by atoms with Crippen molar-refractivity contribution in [3.8, 4) is 11.1 Å². The molecule has 1 fully saturated rings. The summed E-state index contributed by atoms with van der Waals surface area (Å²) in [5, 5.41) is 6.98. The quantitative estimate of drug-likeness (QED) is 0.557. The Bertz CT molecular complexity index is 1130. The van der Waals surface area contributed by atoms with E-state index in [9.17, 15) is 9.59 Å².